The molecule has 21 heavy (non-hydrogen) atoms. The second-order valence-electron chi connectivity index (χ2n) is 6.23. The first kappa shape index (κ1) is 16.4. The highest BCUT2D eigenvalue weighted by atomic mass is 19.1. The zero-order valence-corrected chi connectivity index (χ0v) is 13.3. The highest BCUT2D eigenvalue weighted by Gasteiger charge is 2.29. The van der Waals surface area contributed by atoms with Crippen LogP contribution < -0.4 is 0 Å². The van der Waals surface area contributed by atoms with Gasteiger partial charge in [0.05, 0.1) is 6.10 Å². The van der Waals surface area contributed by atoms with Gasteiger partial charge < -0.3 is 14.9 Å². The summed E-state index contributed by atoms with van der Waals surface area (Å²) in [5.41, 5.74) is 0.780. The number of aliphatic hydroxyl groups excluding tert-OH is 1. The largest absolute Gasteiger partial charge is 0.387 e. The molecule has 1 aliphatic rings. The molecule has 0 radical (unpaired) electrons. The molecule has 1 N–H and O–H groups in total. The van der Waals surface area contributed by atoms with E-state index in [0.717, 1.165) is 31.6 Å². The molecule has 4 heteroatoms. The second kappa shape index (κ2) is 7.34. The van der Waals surface area contributed by atoms with Gasteiger partial charge >= 0.3 is 0 Å². The van der Waals surface area contributed by atoms with Crippen molar-refractivity contribution < 1.29 is 9.50 Å². The molecule has 1 saturated heterocycles. The Hall–Kier alpha value is -0.970. The van der Waals surface area contributed by atoms with Crippen molar-refractivity contribution in [2.24, 2.45) is 5.92 Å². The summed E-state index contributed by atoms with van der Waals surface area (Å²) in [6.45, 7) is 8.44. The predicted octanol–water partition coefficient (Wildman–Crippen LogP) is 2.52. The quantitative estimate of drug-likeness (QED) is 0.904. The lowest BCUT2D eigenvalue weighted by Crippen LogP contribution is -2.49. The average molecular weight is 294 g/mol. The van der Waals surface area contributed by atoms with Gasteiger partial charge in [-0.15, -0.1) is 0 Å². The van der Waals surface area contributed by atoms with E-state index in [-0.39, 0.29) is 5.82 Å². The first-order chi connectivity index (χ1) is 10.0. The van der Waals surface area contributed by atoms with Crippen LogP contribution in [0, 0.1) is 11.7 Å². The molecule has 0 bridgehead atoms. The van der Waals surface area contributed by atoms with Gasteiger partial charge in [-0.3, -0.25) is 0 Å². The molecule has 0 aliphatic carbocycles. The first-order valence-electron chi connectivity index (χ1n) is 7.87. The molecule has 0 saturated carbocycles. The Morgan fingerprint density at radius 1 is 1.38 bits per heavy atom. The highest BCUT2D eigenvalue weighted by Crippen LogP contribution is 2.23. The monoisotopic (exact) mass is 294 g/mol. The number of likely N-dealkylation sites (N-methyl/N-ethyl adjacent to an activating group) is 1. The molecular formula is C17H27FN2O. The Morgan fingerprint density at radius 2 is 2.05 bits per heavy atom. The topological polar surface area (TPSA) is 26.7 Å². The maximum atomic E-state index is 12.9. The molecular weight excluding hydrogens is 267 g/mol. The third kappa shape index (κ3) is 4.25. The minimum atomic E-state index is -0.563. The van der Waals surface area contributed by atoms with Gasteiger partial charge in [0.2, 0.25) is 0 Å². The van der Waals surface area contributed by atoms with Crippen LogP contribution in [-0.4, -0.2) is 54.2 Å². The molecule has 0 amide bonds. The molecule has 1 aromatic carbocycles. The van der Waals surface area contributed by atoms with E-state index in [1.807, 2.05) is 0 Å². The molecule has 2 rings (SSSR count). The lowest BCUT2D eigenvalue weighted by atomic mass is 9.92. The van der Waals surface area contributed by atoms with Gasteiger partial charge in [-0.25, -0.2) is 4.39 Å². The summed E-state index contributed by atoms with van der Waals surface area (Å²) in [4.78, 5) is 4.73. The minimum absolute atomic E-state index is 0.264. The fourth-order valence-corrected chi connectivity index (χ4v) is 3.36. The van der Waals surface area contributed by atoms with Crippen molar-refractivity contribution in [2.45, 2.75) is 32.4 Å². The molecule has 3 unspecified atom stereocenters. The van der Waals surface area contributed by atoms with Gasteiger partial charge in [0.15, 0.2) is 0 Å². The molecule has 0 aromatic heterocycles. The highest BCUT2D eigenvalue weighted by molar-refractivity contribution is 5.18. The van der Waals surface area contributed by atoms with Gasteiger partial charge in [-0.05, 0) is 50.2 Å². The van der Waals surface area contributed by atoms with Gasteiger partial charge in [0, 0.05) is 19.1 Å². The molecule has 1 fully saturated rings. The van der Waals surface area contributed by atoms with Crippen LogP contribution >= 0.6 is 0 Å². The Kier molecular flexibility index (Phi) is 5.73. The van der Waals surface area contributed by atoms with E-state index < -0.39 is 6.10 Å². The average Bonchev–Trinajstić information content (AvgIpc) is 2.47. The smallest absolute Gasteiger partial charge is 0.123 e. The number of likely N-dealkylation sites (tertiary alicyclic amines) is 1. The van der Waals surface area contributed by atoms with Crippen LogP contribution in [0.2, 0.25) is 0 Å². The Morgan fingerprint density at radius 3 is 2.62 bits per heavy atom. The SMILES string of the molecule is CCN1CCC(N(C)CC(O)c2ccc(F)cc2)C(C)C1. The normalized spacial score (nSPS) is 25.2. The molecule has 1 aliphatic heterocycles. The minimum Gasteiger partial charge on any atom is -0.387 e. The number of benzene rings is 1. The summed E-state index contributed by atoms with van der Waals surface area (Å²) in [6, 6.07) is 6.64. The maximum Gasteiger partial charge on any atom is 0.123 e. The molecule has 3 atom stereocenters. The third-order valence-electron chi connectivity index (χ3n) is 4.67. The van der Waals surface area contributed by atoms with Crippen molar-refractivity contribution in [2.75, 3.05) is 33.2 Å². The third-order valence-corrected chi connectivity index (χ3v) is 4.67. The van der Waals surface area contributed by atoms with Crippen molar-refractivity contribution >= 4 is 0 Å². The number of halogens is 1. The molecule has 3 nitrogen and oxygen atoms in total. The fraction of sp³-hybridized carbons (Fsp3) is 0.647. The molecule has 1 aromatic rings. The number of hydrogen-bond donors (Lipinski definition) is 1. The standard InChI is InChI=1S/C17H27FN2O/c1-4-20-10-9-16(13(2)11-20)19(3)12-17(21)14-5-7-15(18)8-6-14/h5-8,13,16-17,21H,4,9-12H2,1-3H3. The van der Waals surface area contributed by atoms with E-state index in [0.29, 0.717) is 18.5 Å². The Bertz CT molecular complexity index is 437. The zero-order valence-electron chi connectivity index (χ0n) is 13.3. The van der Waals surface area contributed by atoms with Crippen molar-refractivity contribution in [3.8, 4) is 0 Å². The molecule has 1 heterocycles. The van der Waals surface area contributed by atoms with Gasteiger partial charge in [0.1, 0.15) is 5.82 Å². The van der Waals surface area contributed by atoms with E-state index >= 15 is 0 Å². The van der Waals surface area contributed by atoms with E-state index in [1.165, 1.54) is 12.1 Å². The van der Waals surface area contributed by atoms with Crippen LogP contribution in [0.5, 0.6) is 0 Å². The molecule has 0 spiro atoms. The van der Waals surface area contributed by atoms with Crippen LogP contribution in [0.15, 0.2) is 24.3 Å². The van der Waals surface area contributed by atoms with Gasteiger partial charge in [-0.1, -0.05) is 26.0 Å². The van der Waals surface area contributed by atoms with Crippen LogP contribution in [-0.2, 0) is 0 Å². The Balaban J connectivity index is 1.91. The number of piperidine rings is 1. The summed E-state index contributed by atoms with van der Waals surface area (Å²) in [7, 11) is 2.08. The zero-order chi connectivity index (χ0) is 15.4. The summed E-state index contributed by atoms with van der Waals surface area (Å²) in [5, 5.41) is 10.3. The van der Waals surface area contributed by atoms with Gasteiger partial charge in [0.25, 0.3) is 0 Å². The van der Waals surface area contributed by atoms with E-state index in [2.05, 4.69) is 30.7 Å². The molecule has 118 valence electrons. The lowest BCUT2D eigenvalue weighted by molar-refractivity contribution is 0.0463. The Labute approximate surface area is 127 Å². The van der Waals surface area contributed by atoms with Crippen LogP contribution in [0.1, 0.15) is 31.9 Å². The number of nitrogens with zero attached hydrogens (tertiary/aromatic N) is 2. The lowest BCUT2D eigenvalue weighted by Gasteiger charge is -2.41. The fourth-order valence-electron chi connectivity index (χ4n) is 3.36. The first-order valence-corrected chi connectivity index (χ1v) is 7.87. The van der Waals surface area contributed by atoms with E-state index in [1.54, 1.807) is 12.1 Å². The maximum absolute atomic E-state index is 12.9. The number of hydrogen-bond acceptors (Lipinski definition) is 3. The van der Waals surface area contributed by atoms with E-state index in [9.17, 15) is 9.50 Å². The summed E-state index contributed by atoms with van der Waals surface area (Å²) < 4.78 is 12.9. The van der Waals surface area contributed by atoms with Crippen molar-refractivity contribution in [3.63, 3.8) is 0 Å². The van der Waals surface area contributed by atoms with E-state index in [4.69, 9.17) is 0 Å². The van der Waals surface area contributed by atoms with Crippen LogP contribution in [0.3, 0.4) is 0 Å². The summed E-state index contributed by atoms with van der Waals surface area (Å²) in [6.07, 6.45) is 0.578. The van der Waals surface area contributed by atoms with Crippen LogP contribution in [0.4, 0.5) is 4.39 Å². The number of aliphatic hydroxyl groups is 1. The predicted molar refractivity (Wildman–Crippen MR) is 83.7 cm³/mol. The summed E-state index contributed by atoms with van der Waals surface area (Å²) >= 11 is 0. The van der Waals surface area contributed by atoms with Crippen LogP contribution in [0.25, 0.3) is 0 Å². The van der Waals surface area contributed by atoms with Crippen molar-refractivity contribution in [1.82, 2.24) is 9.80 Å². The summed E-state index contributed by atoms with van der Waals surface area (Å²) in [5.74, 6) is 0.337. The van der Waals surface area contributed by atoms with Crippen molar-refractivity contribution in [3.05, 3.63) is 35.6 Å². The van der Waals surface area contributed by atoms with Gasteiger partial charge in [-0.2, -0.15) is 0 Å². The van der Waals surface area contributed by atoms with Crippen molar-refractivity contribution in [1.29, 1.82) is 0 Å². The second-order valence-corrected chi connectivity index (χ2v) is 6.23. The number of rotatable bonds is 5.